The summed E-state index contributed by atoms with van der Waals surface area (Å²) in [5.41, 5.74) is 2.66. The Morgan fingerprint density at radius 3 is 2.62 bits per heavy atom. The van der Waals surface area contributed by atoms with E-state index >= 15 is 0 Å². The molecule has 4 nitrogen and oxygen atoms in total. The molecule has 0 unspecified atom stereocenters. The molecule has 1 amide bonds. The van der Waals surface area contributed by atoms with Gasteiger partial charge in [-0.3, -0.25) is 4.79 Å². The number of ether oxygens (including phenoxy) is 1. The SMILES string of the molecule is CCCCc1ccc(NC(=O)COc2ccc(Br)cc2CO)cc1. The van der Waals surface area contributed by atoms with Gasteiger partial charge in [-0.25, -0.2) is 0 Å². The summed E-state index contributed by atoms with van der Waals surface area (Å²) in [6.45, 7) is 1.92. The lowest BCUT2D eigenvalue weighted by molar-refractivity contribution is -0.118. The number of rotatable bonds is 8. The number of aliphatic hydroxyl groups excluding tert-OH is 1. The lowest BCUT2D eigenvalue weighted by Crippen LogP contribution is -2.20. The standard InChI is InChI=1S/C19H22BrNO3/c1-2-3-4-14-5-8-17(9-6-14)21-19(23)13-24-18-10-7-16(20)11-15(18)12-22/h5-11,22H,2-4,12-13H2,1H3,(H,21,23). The summed E-state index contributed by atoms with van der Waals surface area (Å²) in [7, 11) is 0. The number of benzene rings is 2. The molecule has 0 atom stereocenters. The Morgan fingerprint density at radius 1 is 1.21 bits per heavy atom. The molecule has 2 rings (SSSR count). The molecule has 2 aromatic carbocycles. The fourth-order valence-corrected chi connectivity index (χ4v) is 2.70. The molecule has 0 bridgehead atoms. The third kappa shape index (κ3) is 5.65. The van der Waals surface area contributed by atoms with Gasteiger partial charge in [0.05, 0.1) is 6.61 Å². The summed E-state index contributed by atoms with van der Waals surface area (Å²) in [6, 6.07) is 13.2. The Balaban J connectivity index is 1.87. The summed E-state index contributed by atoms with van der Waals surface area (Å²) >= 11 is 3.34. The number of unbranched alkanes of at least 4 members (excludes halogenated alkanes) is 1. The molecule has 0 aliphatic rings. The summed E-state index contributed by atoms with van der Waals surface area (Å²) in [4.78, 5) is 12.0. The molecule has 0 aliphatic carbocycles. The van der Waals surface area contributed by atoms with Gasteiger partial charge in [0.15, 0.2) is 6.61 Å². The van der Waals surface area contributed by atoms with Crippen LogP contribution in [0.25, 0.3) is 0 Å². The van der Waals surface area contributed by atoms with E-state index in [0.29, 0.717) is 11.3 Å². The number of anilines is 1. The molecule has 2 aromatic rings. The Kier molecular flexibility index (Phi) is 7.28. The molecule has 5 heteroatoms. The highest BCUT2D eigenvalue weighted by atomic mass is 79.9. The highest BCUT2D eigenvalue weighted by Gasteiger charge is 2.08. The second-order valence-corrected chi connectivity index (χ2v) is 6.46. The van der Waals surface area contributed by atoms with E-state index in [1.807, 2.05) is 24.3 Å². The highest BCUT2D eigenvalue weighted by molar-refractivity contribution is 9.10. The van der Waals surface area contributed by atoms with Gasteiger partial charge in [0.1, 0.15) is 5.75 Å². The van der Waals surface area contributed by atoms with Crippen LogP contribution < -0.4 is 10.1 Å². The number of nitrogens with one attached hydrogen (secondary N) is 1. The van der Waals surface area contributed by atoms with Crippen LogP contribution in [0.5, 0.6) is 5.75 Å². The molecular formula is C19H22BrNO3. The highest BCUT2D eigenvalue weighted by Crippen LogP contribution is 2.23. The maximum atomic E-state index is 12.0. The third-order valence-corrected chi connectivity index (χ3v) is 4.10. The van der Waals surface area contributed by atoms with Crippen LogP contribution in [0.2, 0.25) is 0 Å². The smallest absolute Gasteiger partial charge is 0.262 e. The maximum Gasteiger partial charge on any atom is 0.262 e. The van der Waals surface area contributed by atoms with Crippen molar-refractivity contribution in [1.82, 2.24) is 0 Å². The fourth-order valence-electron chi connectivity index (χ4n) is 2.29. The topological polar surface area (TPSA) is 58.6 Å². The minimum absolute atomic E-state index is 0.105. The summed E-state index contributed by atoms with van der Waals surface area (Å²) < 4.78 is 6.35. The van der Waals surface area contributed by atoms with Crippen molar-refractivity contribution >= 4 is 27.5 Å². The first kappa shape index (κ1) is 18.5. The quantitative estimate of drug-likeness (QED) is 0.704. The minimum atomic E-state index is -0.233. The van der Waals surface area contributed by atoms with Crippen LogP contribution in [-0.4, -0.2) is 17.6 Å². The number of amides is 1. The van der Waals surface area contributed by atoms with Crippen molar-refractivity contribution in [3.05, 3.63) is 58.1 Å². The van der Waals surface area contributed by atoms with Crippen LogP contribution >= 0.6 is 15.9 Å². The molecular weight excluding hydrogens is 370 g/mol. The Labute approximate surface area is 151 Å². The van der Waals surface area contributed by atoms with E-state index in [0.717, 1.165) is 16.6 Å². The normalized spacial score (nSPS) is 10.5. The van der Waals surface area contributed by atoms with Gasteiger partial charge < -0.3 is 15.2 Å². The van der Waals surface area contributed by atoms with Crippen molar-refractivity contribution in [1.29, 1.82) is 0 Å². The number of carbonyl (C=O) groups is 1. The molecule has 0 fully saturated rings. The zero-order valence-electron chi connectivity index (χ0n) is 13.7. The first-order chi connectivity index (χ1) is 11.6. The van der Waals surface area contributed by atoms with Crippen molar-refractivity contribution < 1.29 is 14.6 Å². The third-order valence-electron chi connectivity index (χ3n) is 3.61. The number of halogens is 1. The first-order valence-corrected chi connectivity index (χ1v) is 8.82. The molecule has 128 valence electrons. The summed E-state index contributed by atoms with van der Waals surface area (Å²) in [5, 5.41) is 12.1. The average Bonchev–Trinajstić information content (AvgIpc) is 2.60. The Bertz CT molecular complexity index is 671. The molecule has 0 spiro atoms. The van der Waals surface area contributed by atoms with Crippen molar-refractivity contribution in [2.24, 2.45) is 0 Å². The van der Waals surface area contributed by atoms with E-state index in [-0.39, 0.29) is 19.1 Å². The van der Waals surface area contributed by atoms with E-state index in [1.165, 1.54) is 18.4 Å². The minimum Gasteiger partial charge on any atom is -0.483 e. The molecule has 2 N–H and O–H groups in total. The number of hydrogen-bond acceptors (Lipinski definition) is 3. The monoisotopic (exact) mass is 391 g/mol. The van der Waals surface area contributed by atoms with Crippen LogP contribution in [0.3, 0.4) is 0 Å². The van der Waals surface area contributed by atoms with Gasteiger partial charge >= 0.3 is 0 Å². The Hall–Kier alpha value is -1.85. The van der Waals surface area contributed by atoms with Crippen LogP contribution in [0, 0.1) is 0 Å². The van der Waals surface area contributed by atoms with Gasteiger partial charge in [-0.1, -0.05) is 41.4 Å². The van der Waals surface area contributed by atoms with Crippen LogP contribution in [-0.2, 0) is 17.8 Å². The van der Waals surface area contributed by atoms with E-state index < -0.39 is 0 Å². The average molecular weight is 392 g/mol. The number of hydrogen-bond donors (Lipinski definition) is 2. The predicted molar refractivity (Wildman–Crippen MR) is 99.2 cm³/mol. The van der Waals surface area contributed by atoms with Crippen molar-refractivity contribution in [2.45, 2.75) is 32.8 Å². The summed E-state index contributed by atoms with van der Waals surface area (Å²) in [6.07, 6.45) is 3.39. The first-order valence-electron chi connectivity index (χ1n) is 8.03. The molecule has 0 saturated carbocycles. The number of aliphatic hydroxyl groups is 1. The molecule has 0 radical (unpaired) electrons. The molecule has 0 aromatic heterocycles. The van der Waals surface area contributed by atoms with Gasteiger partial charge in [-0.15, -0.1) is 0 Å². The Morgan fingerprint density at radius 2 is 1.96 bits per heavy atom. The van der Waals surface area contributed by atoms with Gasteiger partial charge in [-0.05, 0) is 48.7 Å². The van der Waals surface area contributed by atoms with Crippen molar-refractivity contribution in [2.75, 3.05) is 11.9 Å². The zero-order chi connectivity index (χ0) is 17.4. The molecule has 24 heavy (non-hydrogen) atoms. The van der Waals surface area contributed by atoms with Crippen molar-refractivity contribution in [3.63, 3.8) is 0 Å². The van der Waals surface area contributed by atoms with Crippen molar-refractivity contribution in [3.8, 4) is 5.75 Å². The van der Waals surface area contributed by atoms with Crippen LogP contribution in [0.1, 0.15) is 30.9 Å². The molecule has 0 aliphatic heterocycles. The molecule has 0 saturated heterocycles. The predicted octanol–water partition coefficient (Wildman–Crippen LogP) is 4.30. The molecule has 0 heterocycles. The lowest BCUT2D eigenvalue weighted by Gasteiger charge is -2.11. The van der Waals surface area contributed by atoms with Crippen LogP contribution in [0.15, 0.2) is 46.9 Å². The van der Waals surface area contributed by atoms with E-state index in [9.17, 15) is 9.90 Å². The van der Waals surface area contributed by atoms with Crippen LogP contribution in [0.4, 0.5) is 5.69 Å². The number of carbonyl (C=O) groups excluding carboxylic acids is 1. The number of aryl methyl sites for hydroxylation is 1. The largest absolute Gasteiger partial charge is 0.483 e. The van der Waals surface area contributed by atoms with E-state index in [4.69, 9.17) is 4.74 Å². The van der Waals surface area contributed by atoms with Gasteiger partial charge in [-0.2, -0.15) is 0 Å². The second-order valence-electron chi connectivity index (χ2n) is 5.55. The second kappa shape index (κ2) is 9.45. The van der Waals surface area contributed by atoms with Gasteiger partial charge in [0.25, 0.3) is 5.91 Å². The maximum absolute atomic E-state index is 12.0. The van der Waals surface area contributed by atoms with Gasteiger partial charge in [0.2, 0.25) is 0 Å². The fraction of sp³-hybridized carbons (Fsp3) is 0.316. The van der Waals surface area contributed by atoms with E-state index in [1.54, 1.807) is 18.2 Å². The van der Waals surface area contributed by atoms with Gasteiger partial charge in [0, 0.05) is 15.7 Å². The van der Waals surface area contributed by atoms with E-state index in [2.05, 4.69) is 28.2 Å². The zero-order valence-corrected chi connectivity index (χ0v) is 15.3. The lowest BCUT2D eigenvalue weighted by atomic mass is 10.1. The summed E-state index contributed by atoms with van der Waals surface area (Å²) in [5.74, 6) is 0.272.